The maximum absolute atomic E-state index is 11.1. The van der Waals surface area contributed by atoms with Crippen molar-refractivity contribution in [1.82, 2.24) is 0 Å². The van der Waals surface area contributed by atoms with Crippen LogP contribution in [0.1, 0.15) is 90.4 Å². The summed E-state index contributed by atoms with van der Waals surface area (Å²) in [6, 6.07) is 0. The number of cyclic esters (lactones) is 1. The summed E-state index contributed by atoms with van der Waals surface area (Å²) in [5, 5.41) is 0. The van der Waals surface area contributed by atoms with Crippen molar-refractivity contribution >= 4 is 5.97 Å². The van der Waals surface area contributed by atoms with Crippen LogP contribution in [-0.2, 0) is 9.53 Å². The summed E-state index contributed by atoms with van der Waals surface area (Å²) in [4.78, 5) is 11.1. The van der Waals surface area contributed by atoms with E-state index in [1.54, 1.807) is 0 Å². The highest BCUT2D eigenvalue weighted by molar-refractivity contribution is 5.70. The lowest BCUT2D eigenvalue weighted by atomic mass is 10.0. The fraction of sp³-hybridized carbons (Fsp3) is 0.938. The minimum Gasteiger partial charge on any atom is -0.462 e. The van der Waals surface area contributed by atoms with E-state index >= 15 is 0 Å². The van der Waals surface area contributed by atoms with Crippen LogP contribution in [0.25, 0.3) is 0 Å². The molecule has 1 aliphatic heterocycles. The Morgan fingerprint density at radius 1 is 1.00 bits per heavy atom. The van der Waals surface area contributed by atoms with Crippen molar-refractivity contribution in [2.24, 2.45) is 0 Å². The highest BCUT2D eigenvalue weighted by Crippen LogP contribution is 2.19. The largest absolute Gasteiger partial charge is 0.462 e. The third-order valence-corrected chi connectivity index (χ3v) is 3.83. The molecule has 0 amide bonds. The predicted molar refractivity (Wildman–Crippen MR) is 75.6 cm³/mol. The number of rotatable bonds is 10. The second-order valence-corrected chi connectivity index (χ2v) is 5.62. The molecule has 0 aliphatic carbocycles. The quantitative estimate of drug-likeness (QED) is 0.405. The van der Waals surface area contributed by atoms with E-state index in [4.69, 9.17) is 4.74 Å². The SMILES string of the molecule is CCCCCCCCCCC[C@@H]1CCCC(=O)O1. The second kappa shape index (κ2) is 10.4. The molecule has 2 heteroatoms. The molecule has 0 spiro atoms. The van der Waals surface area contributed by atoms with E-state index < -0.39 is 0 Å². The zero-order valence-corrected chi connectivity index (χ0v) is 12.1. The molecule has 1 saturated heterocycles. The molecule has 1 atom stereocenters. The molecule has 1 heterocycles. The van der Waals surface area contributed by atoms with Gasteiger partial charge >= 0.3 is 5.97 Å². The van der Waals surface area contributed by atoms with Crippen LogP contribution in [0.3, 0.4) is 0 Å². The third-order valence-electron chi connectivity index (χ3n) is 3.83. The molecule has 0 aromatic rings. The Labute approximate surface area is 112 Å². The molecular weight excluding hydrogens is 224 g/mol. The van der Waals surface area contributed by atoms with E-state index in [2.05, 4.69) is 6.92 Å². The molecule has 0 radical (unpaired) electrons. The monoisotopic (exact) mass is 254 g/mol. The maximum Gasteiger partial charge on any atom is 0.306 e. The van der Waals surface area contributed by atoms with E-state index in [0.29, 0.717) is 6.42 Å². The van der Waals surface area contributed by atoms with Crippen LogP contribution in [0.15, 0.2) is 0 Å². The van der Waals surface area contributed by atoms with Gasteiger partial charge in [0, 0.05) is 6.42 Å². The lowest BCUT2D eigenvalue weighted by Crippen LogP contribution is -2.23. The van der Waals surface area contributed by atoms with E-state index in [-0.39, 0.29) is 12.1 Å². The minimum atomic E-state index is 0.0159. The van der Waals surface area contributed by atoms with Gasteiger partial charge in [0.25, 0.3) is 0 Å². The fourth-order valence-electron chi connectivity index (χ4n) is 2.66. The van der Waals surface area contributed by atoms with Gasteiger partial charge in [-0.05, 0) is 25.7 Å². The van der Waals surface area contributed by atoms with Crippen LogP contribution in [0.5, 0.6) is 0 Å². The lowest BCUT2D eigenvalue weighted by molar-refractivity contribution is -0.154. The molecule has 0 unspecified atom stereocenters. The first-order chi connectivity index (χ1) is 8.83. The summed E-state index contributed by atoms with van der Waals surface area (Å²) in [6.07, 6.45) is 16.3. The molecule has 1 aliphatic rings. The Bertz CT molecular complexity index is 213. The van der Waals surface area contributed by atoms with Gasteiger partial charge in [-0.25, -0.2) is 0 Å². The molecule has 0 aromatic carbocycles. The number of carbonyl (C=O) groups excluding carboxylic acids is 1. The van der Waals surface area contributed by atoms with E-state index in [1.165, 1.54) is 57.8 Å². The highest BCUT2D eigenvalue weighted by atomic mass is 16.5. The van der Waals surface area contributed by atoms with Crippen molar-refractivity contribution in [3.63, 3.8) is 0 Å². The van der Waals surface area contributed by atoms with Crippen molar-refractivity contribution in [2.45, 2.75) is 96.5 Å². The van der Waals surface area contributed by atoms with Gasteiger partial charge in [0.15, 0.2) is 0 Å². The minimum absolute atomic E-state index is 0.0159. The first-order valence-electron chi connectivity index (χ1n) is 8.02. The smallest absolute Gasteiger partial charge is 0.306 e. The summed E-state index contributed by atoms with van der Waals surface area (Å²) in [5.74, 6) is 0.0159. The third kappa shape index (κ3) is 7.73. The van der Waals surface area contributed by atoms with E-state index in [1.807, 2.05) is 0 Å². The Hall–Kier alpha value is -0.530. The van der Waals surface area contributed by atoms with Crippen molar-refractivity contribution in [3.8, 4) is 0 Å². The number of hydrogen-bond acceptors (Lipinski definition) is 2. The summed E-state index contributed by atoms with van der Waals surface area (Å²) >= 11 is 0. The first kappa shape index (κ1) is 15.5. The molecule has 106 valence electrons. The molecule has 1 rings (SSSR count). The molecule has 0 bridgehead atoms. The van der Waals surface area contributed by atoms with Crippen LogP contribution < -0.4 is 0 Å². The van der Waals surface area contributed by atoms with Gasteiger partial charge in [-0.15, -0.1) is 0 Å². The van der Waals surface area contributed by atoms with Crippen molar-refractivity contribution in [2.75, 3.05) is 0 Å². The normalized spacial score (nSPS) is 19.8. The van der Waals surface area contributed by atoms with Gasteiger partial charge in [0.05, 0.1) is 0 Å². The number of carbonyl (C=O) groups is 1. The standard InChI is InChI=1S/C16H30O2/c1-2-3-4-5-6-7-8-9-10-12-15-13-11-14-16(17)18-15/h15H,2-14H2,1H3/t15-/m1/s1. The first-order valence-corrected chi connectivity index (χ1v) is 8.02. The Balaban J connectivity index is 1.82. The van der Waals surface area contributed by atoms with E-state index in [9.17, 15) is 4.79 Å². The van der Waals surface area contributed by atoms with Gasteiger partial charge in [0.1, 0.15) is 6.10 Å². The molecule has 0 N–H and O–H groups in total. The highest BCUT2D eigenvalue weighted by Gasteiger charge is 2.19. The number of esters is 1. The zero-order valence-electron chi connectivity index (χ0n) is 12.1. The summed E-state index contributed by atoms with van der Waals surface area (Å²) in [7, 11) is 0. The molecular formula is C16H30O2. The Kier molecular flexibility index (Phi) is 8.97. The van der Waals surface area contributed by atoms with Crippen molar-refractivity contribution in [1.29, 1.82) is 0 Å². The van der Waals surface area contributed by atoms with Crippen LogP contribution in [0.2, 0.25) is 0 Å². The topological polar surface area (TPSA) is 26.3 Å². The average Bonchev–Trinajstić information content (AvgIpc) is 2.37. The molecule has 1 fully saturated rings. The van der Waals surface area contributed by atoms with Gasteiger partial charge in [0.2, 0.25) is 0 Å². The van der Waals surface area contributed by atoms with Crippen molar-refractivity contribution in [3.05, 3.63) is 0 Å². The fourth-order valence-corrected chi connectivity index (χ4v) is 2.66. The van der Waals surface area contributed by atoms with Gasteiger partial charge in [-0.1, -0.05) is 58.3 Å². The van der Waals surface area contributed by atoms with Gasteiger partial charge < -0.3 is 4.74 Å². The number of hydrogen-bond donors (Lipinski definition) is 0. The Morgan fingerprint density at radius 2 is 1.61 bits per heavy atom. The number of unbranched alkanes of at least 4 members (excludes halogenated alkanes) is 8. The maximum atomic E-state index is 11.1. The van der Waals surface area contributed by atoms with E-state index in [0.717, 1.165) is 19.3 Å². The Morgan fingerprint density at radius 3 is 2.22 bits per heavy atom. The number of ether oxygens (including phenoxy) is 1. The summed E-state index contributed by atoms with van der Waals surface area (Å²) in [5.41, 5.74) is 0. The average molecular weight is 254 g/mol. The van der Waals surface area contributed by atoms with Crippen molar-refractivity contribution < 1.29 is 9.53 Å². The molecule has 18 heavy (non-hydrogen) atoms. The molecule has 0 aromatic heterocycles. The molecule has 0 saturated carbocycles. The predicted octanol–water partition coefficient (Wildman–Crippen LogP) is 5.00. The lowest BCUT2D eigenvalue weighted by Gasteiger charge is -2.21. The van der Waals surface area contributed by atoms with Crippen LogP contribution >= 0.6 is 0 Å². The summed E-state index contributed by atoms with van der Waals surface area (Å²) < 4.78 is 5.32. The second-order valence-electron chi connectivity index (χ2n) is 5.62. The molecule has 2 nitrogen and oxygen atoms in total. The van der Waals surface area contributed by atoms with Crippen LogP contribution in [0.4, 0.5) is 0 Å². The van der Waals surface area contributed by atoms with Crippen LogP contribution in [-0.4, -0.2) is 12.1 Å². The summed E-state index contributed by atoms with van der Waals surface area (Å²) in [6.45, 7) is 2.26. The van der Waals surface area contributed by atoms with Gasteiger partial charge in [-0.3, -0.25) is 4.79 Å². The zero-order chi connectivity index (χ0) is 13.1. The van der Waals surface area contributed by atoms with Gasteiger partial charge in [-0.2, -0.15) is 0 Å². The van der Waals surface area contributed by atoms with Crippen LogP contribution in [0, 0.1) is 0 Å².